The summed E-state index contributed by atoms with van der Waals surface area (Å²) < 4.78 is 13.5. The van der Waals surface area contributed by atoms with Crippen molar-refractivity contribution in [3.8, 4) is 0 Å². The van der Waals surface area contributed by atoms with Gasteiger partial charge < -0.3 is 5.32 Å². The number of hydrogen-bond donors (Lipinski definition) is 1. The first kappa shape index (κ1) is 10.9. The van der Waals surface area contributed by atoms with Crippen molar-refractivity contribution in [3.05, 3.63) is 34.6 Å². The van der Waals surface area contributed by atoms with Gasteiger partial charge >= 0.3 is 0 Å². The molecule has 0 radical (unpaired) electrons. The molecule has 0 spiro atoms. The van der Waals surface area contributed by atoms with Crippen molar-refractivity contribution in [2.24, 2.45) is 5.41 Å². The molecule has 1 saturated carbocycles. The highest BCUT2D eigenvalue weighted by atomic mass is 35.5. The lowest BCUT2D eigenvalue weighted by Gasteiger charge is -2.15. The predicted octanol–water partition coefficient (Wildman–Crippen LogP) is 3.02. The number of hydrogen-bond acceptors (Lipinski definition) is 1. The zero-order chi connectivity index (χ0) is 10.9. The van der Waals surface area contributed by atoms with Crippen LogP contribution in [-0.2, 0) is 6.42 Å². The summed E-state index contributed by atoms with van der Waals surface area (Å²) in [5.41, 5.74) is 1.02. The normalized spacial score (nSPS) is 17.8. The topological polar surface area (TPSA) is 12.0 Å². The van der Waals surface area contributed by atoms with Gasteiger partial charge in [-0.2, -0.15) is 0 Å². The Morgan fingerprint density at radius 3 is 2.80 bits per heavy atom. The van der Waals surface area contributed by atoms with Crippen LogP contribution in [0.5, 0.6) is 0 Å². The van der Waals surface area contributed by atoms with Gasteiger partial charge in [0.25, 0.3) is 0 Å². The van der Waals surface area contributed by atoms with Gasteiger partial charge in [-0.1, -0.05) is 11.6 Å². The fourth-order valence-electron chi connectivity index (χ4n) is 2.05. The molecule has 0 bridgehead atoms. The van der Waals surface area contributed by atoms with E-state index in [1.807, 2.05) is 7.05 Å². The second-order valence-electron chi connectivity index (χ2n) is 4.44. The molecule has 1 fully saturated rings. The second kappa shape index (κ2) is 4.11. The molecule has 0 amide bonds. The molecule has 1 nitrogen and oxygen atoms in total. The van der Waals surface area contributed by atoms with Gasteiger partial charge in [0.05, 0.1) is 0 Å². The van der Waals surface area contributed by atoms with Gasteiger partial charge in [0.1, 0.15) is 5.82 Å². The van der Waals surface area contributed by atoms with Gasteiger partial charge in [-0.3, -0.25) is 0 Å². The largest absolute Gasteiger partial charge is 0.319 e. The predicted molar refractivity (Wildman–Crippen MR) is 60.7 cm³/mol. The Kier molecular flexibility index (Phi) is 2.98. The maximum Gasteiger partial charge on any atom is 0.126 e. The van der Waals surface area contributed by atoms with Gasteiger partial charge in [0.15, 0.2) is 0 Å². The van der Waals surface area contributed by atoms with Crippen LogP contribution in [0, 0.1) is 11.2 Å². The van der Waals surface area contributed by atoms with Crippen LogP contribution in [0.1, 0.15) is 18.4 Å². The third kappa shape index (κ3) is 2.50. The molecule has 1 aliphatic rings. The highest BCUT2D eigenvalue weighted by Crippen LogP contribution is 2.48. The van der Waals surface area contributed by atoms with Crippen molar-refractivity contribution in [2.75, 3.05) is 13.6 Å². The van der Waals surface area contributed by atoms with Crippen LogP contribution in [0.3, 0.4) is 0 Å². The molecular formula is C12H15ClFN. The maximum absolute atomic E-state index is 13.5. The van der Waals surface area contributed by atoms with Crippen molar-refractivity contribution in [1.29, 1.82) is 0 Å². The van der Waals surface area contributed by atoms with Crippen molar-refractivity contribution in [3.63, 3.8) is 0 Å². The summed E-state index contributed by atoms with van der Waals surface area (Å²) in [5, 5.41) is 3.79. The Bertz CT molecular complexity index is 361. The molecule has 0 aromatic heterocycles. The van der Waals surface area contributed by atoms with Gasteiger partial charge in [-0.05, 0) is 55.5 Å². The second-order valence-corrected chi connectivity index (χ2v) is 4.88. The quantitative estimate of drug-likeness (QED) is 0.834. The molecule has 0 aliphatic heterocycles. The zero-order valence-corrected chi connectivity index (χ0v) is 9.57. The van der Waals surface area contributed by atoms with Gasteiger partial charge in [-0.15, -0.1) is 0 Å². The Morgan fingerprint density at radius 2 is 2.20 bits per heavy atom. The van der Waals surface area contributed by atoms with E-state index in [0.29, 0.717) is 5.02 Å². The summed E-state index contributed by atoms with van der Waals surface area (Å²) in [7, 11) is 1.94. The summed E-state index contributed by atoms with van der Waals surface area (Å²) in [6.45, 7) is 0.957. The number of nitrogens with one attached hydrogen (secondary N) is 1. The van der Waals surface area contributed by atoms with E-state index in [4.69, 9.17) is 11.6 Å². The lowest BCUT2D eigenvalue weighted by Crippen LogP contribution is -2.22. The Labute approximate surface area is 94.6 Å². The number of benzene rings is 1. The monoisotopic (exact) mass is 227 g/mol. The maximum atomic E-state index is 13.5. The molecule has 0 atom stereocenters. The van der Waals surface area contributed by atoms with E-state index >= 15 is 0 Å². The average molecular weight is 228 g/mol. The highest BCUT2D eigenvalue weighted by molar-refractivity contribution is 6.30. The third-order valence-corrected chi connectivity index (χ3v) is 3.32. The Balaban J connectivity index is 2.13. The first-order chi connectivity index (χ1) is 7.15. The Hall–Kier alpha value is -0.600. The van der Waals surface area contributed by atoms with Crippen LogP contribution in [-0.4, -0.2) is 13.6 Å². The first-order valence-corrected chi connectivity index (χ1v) is 5.62. The van der Waals surface area contributed by atoms with E-state index in [1.165, 1.54) is 18.9 Å². The minimum absolute atomic E-state index is 0.137. The van der Waals surface area contributed by atoms with E-state index in [0.717, 1.165) is 18.5 Å². The molecule has 1 N–H and O–H groups in total. The summed E-state index contributed by atoms with van der Waals surface area (Å²) in [6.07, 6.45) is 3.15. The van der Waals surface area contributed by atoms with Crippen LogP contribution >= 0.6 is 11.6 Å². The number of rotatable bonds is 4. The van der Waals surface area contributed by atoms with Gasteiger partial charge in [0.2, 0.25) is 0 Å². The van der Waals surface area contributed by atoms with Crippen LogP contribution in [0.4, 0.5) is 4.39 Å². The molecule has 1 aromatic rings. The molecule has 82 valence electrons. The minimum atomic E-state index is -0.137. The summed E-state index contributed by atoms with van der Waals surface area (Å²) >= 11 is 5.86. The van der Waals surface area contributed by atoms with E-state index in [9.17, 15) is 4.39 Å². The molecular weight excluding hydrogens is 213 g/mol. The zero-order valence-electron chi connectivity index (χ0n) is 8.82. The lowest BCUT2D eigenvalue weighted by molar-refractivity contribution is 0.465. The smallest absolute Gasteiger partial charge is 0.126 e. The van der Waals surface area contributed by atoms with Crippen LogP contribution < -0.4 is 5.32 Å². The molecule has 0 saturated heterocycles. The summed E-state index contributed by atoms with van der Waals surface area (Å²) in [6, 6.07) is 4.79. The highest BCUT2D eigenvalue weighted by Gasteiger charge is 2.42. The van der Waals surface area contributed by atoms with Crippen LogP contribution in [0.25, 0.3) is 0 Å². The van der Waals surface area contributed by atoms with Crippen molar-refractivity contribution in [1.82, 2.24) is 5.32 Å². The molecule has 1 aliphatic carbocycles. The molecule has 15 heavy (non-hydrogen) atoms. The van der Waals surface area contributed by atoms with E-state index in [-0.39, 0.29) is 11.2 Å². The molecule has 0 heterocycles. The molecule has 1 aromatic carbocycles. The standard InChI is InChI=1S/C12H15ClFN/c1-15-8-12(4-5-12)7-9-6-10(13)2-3-11(9)14/h2-3,6,15H,4-5,7-8H2,1H3. The van der Waals surface area contributed by atoms with Crippen molar-refractivity contribution < 1.29 is 4.39 Å². The molecule has 3 heteroatoms. The SMILES string of the molecule is CNCC1(Cc2cc(Cl)ccc2F)CC1. The lowest BCUT2D eigenvalue weighted by atomic mass is 9.96. The first-order valence-electron chi connectivity index (χ1n) is 5.24. The van der Waals surface area contributed by atoms with Gasteiger partial charge in [-0.25, -0.2) is 4.39 Å². The molecule has 2 rings (SSSR count). The van der Waals surface area contributed by atoms with E-state index in [1.54, 1.807) is 12.1 Å². The van der Waals surface area contributed by atoms with Crippen molar-refractivity contribution >= 4 is 11.6 Å². The number of halogens is 2. The summed E-state index contributed by atoms with van der Waals surface area (Å²) in [5.74, 6) is -0.137. The fourth-order valence-corrected chi connectivity index (χ4v) is 2.25. The van der Waals surface area contributed by atoms with Crippen LogP contribution in [0.2, 0.25) is 5.02 Å². The fraction of sp³-hybridized carbons (Fsp3) is 0.500. The van der Waals surface area contributed by atoms with E-state index in [2.05, 4.69) is 5.32 Å². The van der Waals surface area contributed by atoms with Crippen molar-refractivity contribution in [2.45, 2.75) is 19.3 Å². The van der Waals surface area contributed by atoms with Gasteiger partial charge in [0, 0.05) is 11.6 Å². The third-order valence-electron chi connectivity index (χ3n) is 3.08. The Morgan fingerprint density at radius 1 is 1.47 bits per heavy atom. The summed E-state index contributed by atoms with van der Waals surface area (Å²) in [4.78, 5) is 0. The minimum Gasteiger partial charge on any atom is -0.319 e. The van der Waals surface area contributed by atoms with Crippen LogP contribution in [0.15, 0.2) is 18.2 Å². The molecule has 0 unspecified atom stereocenters. The van der Waals surface area contributed by atoms with E-state index < -0.39 is 0 Å². The average Bonchev–Trinajstić information content (AvgIpc) is 2.92.